The van der Waals surface area contributed by atoms with E-state index in [0.29, 0.717) is 6.61 Å². The lowest BCUT2D eigenvalue weighted by Crippen LogP contribution is -1.97. The van der Waals surface area contributed by atoms with Crippen LogP contribution in [-0.2, 0) is 11.2 Å². The number of para-hydroxylation sites is 1. The number of fused-ring (bicyclic) bond motifs is 1. The molecule has 0 spiro atoms. The van der Waals surface area contributed by atoms with Gasteiger partial charge in [-0.25, -0.2) is 0 Å². The monoisotopic (exact) mass is 189 g/mol. The molecule has 0 unspecified atom stereocenters. The van der Waals surface area contributed by atoms with Crippen LogP contribution in [-0.4, -0.2) is 13.2 Å². The summed E-state index contributed by atoms with van der Waals surface area (Å²) in [5.41, 5.74) is 3.66. The molecule has 0 atom stereocenters. The van der Waals surface area contributed by atoms with E-state index < -0.39 is 0 Å². The summed E-state index contributed by atoms with van der Waals surface area (Å²) in [7, 11) is 0. The van der Waals surface area contributed by atoms with Gasteiger partial charge in [-0.1, -0.05) is 18.7 Å². The third kappa shape index (κ3) is 1.48. The third-order valence-corrected chi connectivity index (χ3v) is 2.47. The molecule has 14 heavy (non-hydrogen) atoms. The Hall–Kier alpha value is -1.44. The Bertz CT molecular complexity index is 357. The lowest BCUT2D eigenvalue weighted by atomic mass is 10.1. The van der Waals surface area contributed by atoms with Gasteiger partial charge in [-0.05, 0) is 25.0 Å². The fourth-order valence-electron chi connectivity index (χ4n) is 1.82. The van der Waals surface area contributed by atoms with Crippen LogP contribution in [0.25, 0.3) is 5.76 Å². The van der Waals surface area contributed by atoms with Crippen LogP contribution >= 0.6 is 0 Å². The minimum Gasteiger partial charge on any atom is -0.494 e. The van der Waals surface area contributed by atoms with Crippen LogP contribution in [0.1, 0.15) is 18.1 Å². The number of benzene rings is 1. The summed E-state index contributed by atoms with van der Waals surface area (Å²) in [5.74, 6) is 0.763. The predicted octanol–water partition coefficient (Wildman–Crippen LogP) is 2.66. The van der Waals surface area contributed by atoms with E-state index in [-0.39, 0.29) is 0 Å². The lowest BCUT2D eigenvalue weighted by Gasteiger charge is -2.11. The molecule has 0 aromatic heterocycles. The predicted molar refractivity (Wildman–Crippen MR) is 59.3 cm³/mol. The van der Waals surface area contributed by atoms with Crippen LogP contribution in [0.5, 0.6) is 0 Å². The van der Waals surface area contributed by atoms with E-state index in [1.54, 1.807) is 0 Å². The van der Waals surface area contributed by atoms with E-state index in [2.05, 4.69) is 30.1 Å². The Morgan fingerprint density at radius 1 is 1.57 bits per heavy atom. The summed E-state index contributed by atoms with van der Waals surface area (Å²) in [6.07, 6.45) is 1.10. The fourth-order valence-corrected chi connectivity index (χ4v) is 1.82. The van der Waals surface area contributed by atoms with Gasteiger partial charge < -0.3 is 10.1 Å². The summed E-state index contributed by atoms with van der Waals surface area (Å²) in [4.78, 5) is 0. The molecule has 0 saturated carbocycles. The second kappa shape index (κ2) is 3.74. The fraction of sp³-hybridized carbons (Fsp3) is 0.333. The van der Waals surface area contributed by atoms with Crippen molar-refractivity contribution < 1.29 is 4.74 Å². The lowest BCUT2D eigenvalue weighted by molar-refractivity contribution is 0.299. The van der Waals surface area contributed by atoms with Gasteiger partial charge in [0.25, 0.3) is 0 Å². The average Bonchev–Trinajstić information content (AvgIpc) is 2.65. The zero-order valence-electron chi connectivity index (χ0n) is 8.47. The number of hydrogen-bond acceptors (Lipinski definition) is 2. The van der Waals surface area contributed by atoms with Gasteiger partial charge in [-0.3, -0.25) is 0 Å². The molecular formula is C12H15NO. The summed E-state index contributed by atoms with van der Waals surface area (Å²) < 4.78 is 5.42. The molecule has 2 rings (SSSR count). The van der Waals surface area contributed by atoms with E-state index >= 15 is 0 Å². The van der Waals surface area contributed by atoms with E-state index in [0.717, 1.165) is 24.3 Å². The molecule has 0 saturated heterocycles. The van der Waals surface area contributed by atoms with Crippen LogP contribution in [0.4, 0.5) is 5.69 Å². The zero-order chi connectivity index (χ0) is 9.97. The number of anilines is 1. The van der Waals surface area contributed by atoms with Crippen LogP contribution in [0.15, 0.2) is 24.8 Å². The second-order valence-corrected chi connectivity index (χ2v) is 3.37. The number of hydrogen-bond donors (Lipinski definition) is 1. The Labute approximate surface area is 84.6 Å². The molecule has 1 aromatic rings. The van der Waals surface area contributed by atoms with E-state index in [1.807, 2.05) is 6.92 Å². The molecule has 1 aliphatic rings. The number of rotatable bonds is 3. The first-order chi connectivity index (χ1) is 6.83. The minimum absolute atomic E-state index is 0.669. The van der Waals surface area contributed by atoms with Crippen LogP contribution in [0, 0.1) is 0 Å². The molecule has 74 valence electrons. The SMILES string of the molecule is C=C(OCC)c1cccc2c1NCC2. The first-order valence-electron chi connectivity index (χ1n) is 5.00. The van der Waals surface area contributed by atoms with Crippen molar-refractivity contribution in [3.63, 3.8) is 0 Å². The molecule has 0 amide bonds. The van der Waals surface area contributed by atoms with Gasteiger partial charge in [0, 0.05) is 17.8 Å². The van der Waals surface area contributed by atoms with Gasteiger partial charge in [0.1, 0.15) is 5.76 Å². The molecule has 1 heterocycles. The molecule has 0 aliphatic carbocycles. The molecule has 0 bridgehead atoms. The van der Waals surface area contributed by atoms with E-state index in [1.165, 1.54) is 11.3 Å². The standard InChI is InChI=1S/C12H15NO/c1-3-14-9(2)11-6-4-5-10-7-8-13-12(10)11/h4-6,13H,2-3,7-8H2,1H3. The highest BCUT2D eigenvalue weighted by Crippen LogP contribution is 2.30. The third-order valence-electron chi connectivity index (χ3n) is 2.47. The highest BCUT2D eigenvalue weighted by Gasteiger charge is 2.15. The first-order valence-corrected chi connectivity index (χ1v) is 5.00. The molecule has 1 aliphatic heterocycles. The van der Waals surface area contributed by atoms with Crippen molar-refractivity contribution in [1.82, 2.24) is 0 Å². The second-order valence-electron chi connectivity index (χ2n) is 3.37. The molecule has 0 fully saturated rings. The van der Waals surface area contributed by atoms with Gasteiger partial charge >= 0.3 is 0 Å². The van der Waals surface area contributed by atoms with Gasteiger partial charge in [-0.15, -0.1) is 0 Å². The topological polar surface area (TPSA) is 21.3 Å². The first kappa shape index (κ1) is 9.13. The summed E-state index contributed by atoms with van der Waals surface area (Å²) >= 11 is 0. The summed E-state index contributed by atoms with van der Waals surface area (Å²) in [6, 6.07) is 6.26. The Balaban J connectivity index is 2.34. The van der Waals surface area contributed by atoms with Crippen molar-refractivity contribution in [2.24, 2.45) is 0 Å². The number of nitrogens with one attached hydrogen (secondary N) is 1. The quantitative estimate of drug-likeness (QED) is 0.738. The molecule has 1 aromatic carbocycles. The van der Waals surface area contributed by atoms with Crippen molar-refractivity contribution in [2.45, 2.75) is 13.3 Å². The van der Waals surface area contributed by atoms with Crippen LogP contribution < -0.4 is 5.32 Å². The molecular weight excluding hydrogens is 174 g/mol. The minimum atomic E-state index is 0.669. The Morgan fingerprint density at radius 3 is 3.21 bits per heavy atom. The zero-order valence-corrected chi connectivity index (χ0v) is 8.47. The van der Waals surface area contributed by atoms with Gasteiger partial charge in [0.2, 0.25) is 0 Å². The van der Waals surface area contributed by atoms with Crippen molar-refractivity contribution >= 4 is 11.4 Å². The maximum Gasteiger partial charge on any atom is 0.121 e. The molecule has 0 radical (unpaired) electrons. The molecule has 1 N–H and O–H groups in total. The van der Waals surface area contributed by atoms with Crippen LogP contribution in [0.3, 0.4) is 0 Å². The van der Waals surface area contributed by atoms with Crippen molar-refractivity contribution in [3.8, 4) is 0 Å². The average molecular weight is 189 g/mol. The van der Waals surface area contributed by atoms with Crippen LogP contribution in [0.2, 0.25) is 0 Å². The Morgan fingerprint density at radius 2 is 2.43 bits per heavy atom. The van der Waals surface area contributed by atoms with Gasteiger partial charge in [0.15, 0.2) is 0 Å². The molecule has 2 heteroatoms. The number of ether oxygens (including phenoxy) is 1. The maximum absolute atomic E-state index is 5.42. The van der Waals surface area contributed by atoms with Crippen molar-refractivity contribution in [1.29, 1.82) is 0 Å². The largest absolute Gasteiger partial charge is 0.494 e. The maximum atomic E-state index is 5.42. The Kier molecular flexibility index (Phi) is 2.44. The normalized spacial score (nSPS) is 13.2. The molecule has 2 nitrogen and oxygen atoms in total. The highest BCUT2D eigenvalue weighted by molar-refractivity contribution is 5.75. The van der Waals surface area contributed by atoms with E-state index in [9.17, 15) is 0 Å². The van der Waals surface area contributed by atoms with E-state index in [4.69, 9.17) is 4.74 Å². The summed E-state index contributed by atoms with van der Waals surface area (Å²) in [5, 5.41) is 3.37. The van der Waals surface area contributed by atoms with Gasteiger partial charge in [-0.2, -0.15) is 0 Å². The van der Waals surface area contributed by atoms with Crippen molar-refractivity contribution in [3.05, 3.63) is 35.9 Å². The van der Waals surface area contributed by atoms with Crippen molar-refractivity contribution in [2.75, 3.05) is 18.5 Å². The summed E-state index contributed by atoms with van der Waals surface area (Å²) in [6.45, 7) is 7.59. The smallest absolute Gasteiger partial charge is 0.121 e. The van der Waals surface area contributed by atoms with Gasteiger partial charge in [0.05, 0.1) is 6.61 Å². The highest BCUT2D eigenvalue weighted by atomic mass is 16.5.